The number of carbonyl (C=O) groups excluding carboxylic acids is 1. The topological polar surface area (TPSA) is 87.5 Å². The molecule has 12 heteroatoms. The van der Waals surface area contributed by atoms with Gasteiger partial charge in [-0.3, -0.25) is 9.36 Å². The monoisotopic (exact) mass is 613 g/mol. The number of nitrogens with one attached hydrogen (secondary N) is 1. The predicted molar refractivity (Wildman–Crippen MR) is 146 cm³/mol. The fourth-order valence-electron chi connectivity index (χ4n) is 4.30. The largest absolute Gasteiger partial charge is 0.309 e. The van der Waals surface area contributed by atoms with E-state index in [1.807, 2.05) is 43.3 Å². The van der Waals surface area contributed by atoms with Gasteiger partial charge in [-0.1, -0.05) is 51.3 Å². The molecule has 0 bridgehead atoms. The van der Waals surface area contributed by atoms with Gasteiger partial charge in [-0.15, -0.1) is 0 Å². The maximum Gasteiger partial charge on any atom is 0.260 e. The number of aromatic nitrogens is 2. The maximum absolute atomic E-state index is 14.0. The van der Waals surface area contributed by atoms with Gasteiger partial charge in [0, 0.05) is 27.5 Å². The van der Waals surface area contributed by atoms with Crippen molar-refractivity contribution in [1.29, 1.82) is 0 Å². The van der Waals surface area contributed by atoms with Crippen LogP contribution in [0.2, 0.25) is 10.0 Å². The Morgan fingerprint density at radius 1 is 1.11 bits per heavy atom. The van der Waals surface area contributed by atoms with Crippen LogP contribution in [-0.4, -0.2) is 56.0 Å². The van der Waals surface area contributed by atoms with Crippen LogP contribution >= 0.6 is 39.1 Å². The van der Waals surface area contributed by atoms with Crippen LogP contribution in [0, 0.1) is 0 Å². The van der Waals surface area contributed by atoms with Gasteiger partial charge < -0.3 is 4.90 Å². The third-order valence-corrected chi connectivity index (χ3v) is 8.37. The lowest BCUT2D eigenvalue weighted by atomic mass is 9.92. The highest BCUT2D eigenvalue weighted by Gasteiger charge is 2.51. The Bertz CT molecular complexity index is 1370. The van der Waals surface area contributed by atoms with Gasteiger partial charge in [0.2, 0.25) is 5.95 Å². The van der Waals surface area contributed by atoms with Crippen LogP contribution in [0.4, 0.5) is 11.6 Å². The number of amides is 1. The van der Waals surface area contributed by atoms with E-state index in [1.165, 1.54) is 15.7 Å². The zero-order valence-corrected chi connectivity index (χ0v) is 23.9. The van der Waals surface area contributed by atoms with Crippen molar-refractivity contribution < 1.29 is 13.2 Å². The number of imidazole rings is 1. The Balaban J connectivity index is 1.80. The number of rotatable bonds is 9. The molecule has 0 spiro atoms. The van der Waals surface area contributed by atoms with Crippen LogP contribution in [0.1, 0.15) is 18.9 Å². The van der Waals surface area contributed by atoms with Crippen molar-refractivity contribution in [1.82, 2.24) is 19.2 Å². The van der Waals surface area contributed by atoms with Gasteiger partial charge in [-0.05, 0) is 69.9 Å². The average Bonchev–Trinajstić information content (AvgIpc) is 3.31. The Hall–Kier alpha value is -1.95. The highest BCUT2D eigenvalue weighted by atomic mass is 79.9. The van der Waals surface area contributed by atoms with E-state index in [-0.39, 0.29) is 29.8 Å². The van der Waals surface area contributed by atoms with E-state index in [9.17, 15) is 13.2 Å². The molecule has 0 radical (unpaired) electrons. The van der Waals surface area contributed by atoms with Crippen molar-refractivity contribution in [3.63, 3.8) is 0 Å². The quantitative estimate of drug-likeness (QED) is 0.349. The molecule has 1 aromatic heterocycles. The van der Waals surface area contributed by atoms with Crippen molar-refractivity contribution >= 4 is 66.7 Å². The summed E-state index contributed by atoms with van der Waals surface area (Å²) in [6.45, 7) is 2.71. The Morgan fingerprint density at radius 2 is 1.75 bits per heavy atom. The number of sulfonamides is 1. The Labute approximate surface area is 229 Å². The molecule has 0 aliphatic carbocycles. The molecule has 0 fully saturated rings. The molecule has 3 aromatic rings. The van der Waals surface area contributed by atoms with Crippen molar-refractivity contribution in [2.24, 2.45) is 0 Å². The van der Waals surface area contributed by atoms with Gasteiger partial charge in [0.1, 0.15) is 5.54 Å². The molecule has 1 N–H and O–H groups in total. The van der Waals surface area contributed by atoms with Gasteiger partial charge >= 0.3 is 0 Å². The highest BCUT2D eigenvalue weighted by molar-refractivity contribution is 9.10. The summed E-state index contributed by atoms with van der Waals surface area (Å²) < 4.78 is 31.8. The molecule has 1 atom stereocenters. The van der Waals surface area contributed by atoms with E-state index >= 15 is 0 Å². The number of carbonyl (C=O) groups is 1. The summed E-state index contributed by atoms with van der Waals surface area (Å²) in [5.74, 6) is -0.150. The third kappa shape index (κ3) is 5.34. The van der Waals surface area contributed by atoms with Gasteiger partial charge in [-0.25, -0.2) is 23.0 Å². The molecule has 1 aliphatic heterocycles. The first-order valence-corrected chi connectivity index (χ1v) is 14.2. The number of anilines is 2. The minimum Gasteiger partial charge on any atom is -0.309 e. The number of fused-ring (bicyclic) bond motifs is 1. The summed E-state index contributed by atoms with van der Waals surface area (Å²) >= 11 is 15.9. The molecule has 8 nitrogen and oxygen atoms in total. The molecule has 36 heavy (non-hydrogen) atoms. The van der Waals surface area contributed by atoms with Crippen molar-refractivity contribution in [2.75, 3.05) is 32.1 Å². The summed E-state index contributed by atoms with van der Waals surface area (Å²) in [6.07, 6.45) is 2.17. The second-order valence-corrected chi connectivity index (χ2v) is 12.6. The van der Waals surface area contributed by atoms with Crippen molar-refractivity contribution in [2.45, 2.75) is 30.3 Å². The standard InChI is InChI=1S/C24H26BrCl2N5O3S/c1-24(14-16-5-7-17(25)8-6-16)22(33)31(20-12-18(26)11-19(27)13-20)23-28-15-21(32(23)24)36(34,35)29-9-4-10-30(2)3/h5-8,11-13,15,29H,4,9-10,14H2,1-3H3. The molecule has 192 valence electrons. The zero-order valence-electron chi connectivity index (χ0n) is 20.0. The van der Waals surface area contributed by atoms with Crippen LogP contribution in [-0.2, 0) is 26.8 Å². The van der Waals surface area contributed by atoms with E-state index in [0.29, 0.717) is 22.2 Å². The molecule has 2 aromatic carbocycles. The molecule has 1 unspecified atom stereocenters. The van der Waals surface area contributed by atoms with Crippen LogP contribution in [0.25, 0.3) is 0 Å². The molecule has 4 rings (SSSR count). The maximum atomic E-state index is 14.0. The average molecular weight is 615 g/mol. The molecule has 0 saturated heterocycles. The number of benzene rings is 2. The van der Waals surface area contributed by atoms with Crippen molar-refractivity contribution in [3.8, 4) is 0 Å². The highest BCUT2D eigenvalue weighted by Crippen LogP contribution is 2.44. The van der Waals surface area contributed by atoms with Crippen LogP contribution in [0.15, 0.2) is 58.2 Å². The molecule has 1 amide bonds. The number of hydrogen-bond acceptors (Lipinski definition) is 5. The summed E-state index contributed by atoms with van der Waals surface area (Å²) in [7, 11) is -0.113. The second kappa shape index (κ2) is 10.4. The van der Waals surface area contributed by atoms with E-state index in [1.54, 1.807) is 25.1 Å². The fraction of sp³-hybridized carbons (Fsp3) is 0.333. The minimum atomic E-state index is -3.96. The third-order valence-electron chi connectivity index (χ3n) is 5.98. The van der Waals surface area contributed by atoms with Gasteiger partial charge in [0.25, 0.3) is 15.9 Å². The summed E-state index contributed by atoms with van der Waals surface area (Å²) in [6, 6.07) is 12.3. The lowest BCUT2D eigenvalue weighted by molar-refractivity contribution is -0.124. The first kappa shape index (κ1) is 27.1. The Kier molecular flexibility index (Phi) is 7.85. The number of halogens is 3. The molecule has 2 heterocycles. The van der Waals surface area contributed by atoms with Crippen LogP contribution in [0.3, 0.4) is 0 Å². The van der Waals surface area contributed by atoms with Crippen molar-refractivity contribution in [3.05, 3.63) is 68.7 Å². The van der Waals surface area contributed by atoms with Gasteiger partial charge in [0.05, 0.1) is 11.9 Å². The zero-order chi connectivity index (χ0) is 26.3. The van der Waals surface area contributed by atoms with E-state index in [2.05, 4.69) is 25.6 Å². The van der Waals surface area contributed by atoms with Gasteiger partial charge in [0.15, 0.2) is 5.03 Å². The normalized spacial score (nSPS) is 17.8. The fourth-order valence-corrected chi connectivity index (χ4v) is 6.35. The smallest absolute Gasteiger partial charge is 0.260 e. The molecule has 0 saturated carbocycles. The van der Waals surface area contributed by atoms with Crippen LogP contribution < -0.4 is 9.62 Å². The molecule has 1 aliphatic rings. The summed E-state index contributed by atoms with van der Waals surface area (Å²) in [5.41, 5.74) is -0.00364. The lowest BCUT2D eigenvalue weighted by Gasteiger charge is -2.26. The summed E-state index contributed by atoms with van der Waals surface area (Å²) in [5, 5.41) is 0.617. The molecular weight excluding hydrogens is 589 g/mol. The molecular formula is C24H26BrCl2N5O3S. The Morgan fingerprint density at radius 3 is 2.36 bits per heavy atom. The number of hydrogen-bond donors (Lipinski definition) is 1. The SMILES string of the molecule is CN(C)CCCNS(=O)(=O)c1cnc2n1C(C)(Cc1ccc(Br)cc1)C(=O)N2c1cc(Cl)cc(Cl)c1. The van der Waals surface area contributed by atoms with E-state index < -0.39 is 15.6 Å². The van der Waals surface area contributed by atoms with E-state index in [4.69, 9.17) is 23.2 Å². The minimum absolute atomic E-state index is 0.0778. The lowest BCUT2D eigenvalue weighted by Crippen LogP contribution is -2.42. The van der Waals surface area contributed by atoms with E-state index in [0.717, 1.165) is 16.6 Å². The second-order valence-electron chi connectivity index (χ2n) is 9.13. The first-order valence-electron chi connectivity index (χ1n) is 11.2. The van der Waals surface area contributed by atoms with Crippen LogP contribution in [0.5, 0.6) is 0 Å². The van der Waals surface area contributed by atoms with Gasteiger partial charge in [-0.2, -0.15) is 0 Å². The predicted octanol–water partition coefficient (Wildman–Crippen LogP) is 4.82. The summed E-state index contributed by atoms with van der Waals surface area (Å²) in [4.78, 5) is 21.7. The first-order chi connectivity index (χ1) is 16.9. The number of nitrogens with zero attached hydrogens (tertiary/aromatic N) is 4.